The summed E-state index contributed by atoms with van der Waals surface area (Å²) in [5, 5.41) is 8.91. The minimum atomic E-state index is -0.813. The van der Waals surface area contributed by atoms with Gasteiger partial charge >= 0.3 is 5.69 Å². The molecule has 0 aliphatic heterocycles. The molecule has 2 aromatic heterocycles. The summed E-state index contributed by atoms with van der Waals surface area (Å²) in [4.78, 5) is 53.1. The number of nitrogens with one attached hydrogen (secondary N) is 4. The van der Waals surface area contributed by atoms with Gasteiger partial charge in [0.05, 0.1) is 5.69 Å². The first-order chi connectivity index (χ1) is 14.5. The van der Waals surface area contributed by atoms with Gasteiger partial charge in [-0.15, -0.1) is 0 Å². The van der Waals surface area contributed by atoms with Crippen molar-refractivity contribution in [3.63, 3.8) is 0 Å². The molecule has 9 nitrogen and oxygen atoms in total. The van der Waals surface area contributed by atoms with E-state index in [0.717, 1.165) is 6.20 Å². The Kier molecular flexibility index (Phi) is 4.92. The fourth-order valence-corrected chi connectivity index (χ4v) is 3.05. The van der Waals surface area contributed by atoms with E-state index in [0.29, 0.717) is 22.4 Å². The second-order valence-corrected chi connectivity index (χ2v) is 6.32. The number of amides is 1. The van der Waals surface area contributed by atoms with Crippen LogP contribution in [0.15, 0.2) is 81.2 Å². The normalized spacial score (nSPS) is 10.5. The summed E-state index contributed by atoms with van der Waals surface area (Å²) < 4.78 is 0. The largest absolute Gasteiger partial charge is 0.325 e. The number of H-pyrrole nitrogens is 3. The Morgan fingerprint density at radius 3 is 2.10 bits per heavy atom. The van der Waals surface area contributed by atoms with Crippen molar-refractivity contribution in [1.82, 2.24) is 20.2 Å². The topological polar surface area (TPSA) is 141 Å². The van der Waals surface area contributed by atoms with E-state index >= 15 is 0 Å². The van der Waals surface area contributed by atoms with E-state index in [4.69, 9.17) is 0 Å². The van der Waals surface area contributed by atoms with E-state index < -0.39 is 22.7 Å². The van der Waals surface area contributed by atoms with Crippen LogP contribution in [0, 0.1) is 0 Å². The van der Waals surface area contributed by atoms with Crippen LogP contribution < -0.4 is 22.1 Å². The lowest BCUT2D eigenvalue weighted by atomic mass is 9.95. The molecule has 30 heavy (non-hydrogen) atoms. The van der Waals surface area contributed by atoms with Crippen molar-refractivity contribution in [2.45, 2.75) is 0 Å². The van der Waals surface area contributed by atoms with Gasteiger partial charge in [0.25, 0.3) is 17.0 Å². The van der Waals surface area contributed by atoms with Gasteiger partial charge in [0.15, 0.2) is 0 Å². The van der Waals surface area contributed by atoms with Crippen molar-refractivity contribution in [3.05, 3.63) is 104 Å². The fraction of sp³-hybridized carbons (Fsp3) is 0. The Labute approximate surface area is 168 Å². The van der Waals surface area contributed by atoms with Gasteiger partial charge in [-0.1, -0.05) is 60.7 Å². The average Bonchev–Trinajstić information content (AvgIpc) is 2.76. The maximum atomic E-state index is 13.0. The molecule has 4 rings (SSSR count). The van der Waals surface area contributed by atoms with Crippen molar-refractivity contribution < 1.29 is 4.79 Å². The number of aromatic nitrogens is 4. The van der Waals surface area contributed by atoms with Gasteiger partial charge < -0.3 is 10.3 Å². The van der Waals surface area contributed by atoms with Crippen LogP contribution in [0.1, 0.15) is 10.4 Å². The molecule has 2 heterocycles. The monoisotopic (exact) mass is 401 g/mol. The van der Waals surface area contributed by atoms with Crippen LogP contribution in [0.4, 0.5) is 5.69 Å². The minimum Gasteiger partial charge on any atom is -0.316 e. The molecule has 4 aromatic rings. The molecule has 0 fully saturated rings. The minimum absolute atomic E-state index is 0.198. The molecule has 4 N–H and O–H groups in total. The SMILES string of the molecule is O=C(Nc1c[nH]c(=O)[nH]c1=O)c1c(-c2ccccc2)c(-c2ccccc2)n[nH]c1=O. The summed E-state index contributed by atoms with van der Waals surface area (Å²) >= 11 is 0. The molecule has 2 aromatic carbocycles. The van der Waals surface area contributed by atoms with Gasteiger partial charge in [-0.25, -0.2) is 9.89 Å². The van der Waals surface area contributed by atoms with E-state index in [-0.39, 0.29) is 11.3 Å². The number of anilines is 1. The molecule has 0 atom stereocenters. The Hall–Kier alpha value is -4.53. The first-order valence-electron chi connectivity index (χ1n) is 8.91. The number of benzene rings is 2. The number of hydrogen-bond donors (Lipinski definition) is 4. The number of nitrogens with zero attached hydrogens (tertiary/aromatic N) is 1. The van der Waals surface area contributed by atoms with Gasteiger partial charge in [0.1, 0.15) is 11.3 Å². The molecule has 0 saturated carbocycles. The van der Waals surface area contributed by atoms with Gasteiger partial charge in [-0.3, -0.25) is 19.4 Å². The second kappa shape index (κ2) is 7.84. The molecular formula is C21H15N5O4. The van der Waals surface area contributed by atoms with Crippen LogP contribution in [0.3, 0.4) is 0 Å². The lowest BCUT2D eigenvalue weighted by Gasteiger charge is -2.13. The maximum Gasteiger partial charge on any atom is 0.325 e. The van der Waals surface area contributed by atoms with Crippen LogP contribution in [0.5, 0.6) is 0 Å². The van der Waals surface area contributed by atoms with Gasteiger partial charge in [-0.2, -0.15) is 5.10 Å². The summed E-state index contributed by atoms with van der Waals surface area (Å²) in [6.45, 7) is 0. The Morgan fingerprint density at radius 2 is 1.47 bits per heavy atom. The summed E-state index contributed by atoms with van der Waals surface area (Å²) in [5.74, 6) is -0.813. The number of carbonyl (C=O) groups excluding carboxylic acids is 1. The van der Waals surface area contributed by atoms with Crippen molar-refractivity contribution in [3.8, 4) is 22.4 Å². The second-order valence-electron chi connectivity index (χ2n) is 6.32. The highest BCUT2D eigenvalue weighted by molar-refractivity contribution is 6.10. The molecular weight excluding hydrogens is 386 g/mol. The molecule has 0 bridgehead atoms. The summed E-state index contributed by atoms with van der Waals surface area (Å²) in [7, 11) is 0. The Morgan fingerprint density at radius 1 is 0.833 bits per heavy atom. The first-order valence-corrected chi connectivity index (χ1v) is 8.91. The van der Waals surface area contributed by atoms with Gasteiger partial charge in [0.2, 0.25) is 0 Å². The fourth-order valence-electron chi connectivity index (χ4n) is 3.05. The zero-order valence-corrected chi connectivity index (χ0v) is 15.4. The zero-order chi connectivity index (χ0) is 21.1. The molecule has 0 radical (unpaired) electrons. The third-order valence-electron chi connectivity index (χ3n) is 4.39. The molecule has 0 spiro atoms. The third-order valence-corrected chi connectivity index (χ3v) is 4.39. The molecule has 148 valence electrons. The lowest BCUT2D eigenvalue weighted by molar-refractivity contribution is 0.102. The van der Waals surface area contributed by atoms with E-state index in [1.807, 2.05) is 29.2 Å². The quantitative estimate of drug-likeness (QED) is 0.412. The number of aromatic amines is 3. The highest BCUT2D eigenvalue weighted by atomic mass is 16.2. The van der Waals surface area contributed by atoms with Crippen LogP contribution in [0.2, 0.25) is 0 Å². The van der Waals surface area contributed by atoms with Crippen molar-refractivity contribution in [2.24, 2.45) is 0 Å². The highest BCUT2D eigenvalue weighted by Crippen LogP contribution is 2.31. The zero-order valence-electron chi connectivity index (χ0n) is 15.4. The number of rotatable bonds is 4. The van der Waals surface area contributed by atoms with E-state index in [9.17, 15) is 19.2 Å². The van der Waals surface area contributed by atoms with Crippen LogP contribution in [-0.2, 0) is 0 Å². The third kappa shape index (κ3) is 3.59. The Bertz CT molecular complexity index is 1390. The predicted molar refractivity (Wildman–Crippen MR) is 111 cm³/mol. The van der Waals surface area contributed by atoms with Gasteiger partial charge in [0, 0.05) is 17.3 Å². The predicted octanol–water partition coefficient (Wildman–Crippen LogP) is 1.73. The summed E-state index contributed by atoms with van der Waals surface area (Å²) in [5.41, 5.74) is -0.591. The standard InChI is InChI=1S/C21H15N5O4/c27-18-14(11-22-21(30)24-18)23-19(28)16-15(12-7-3-1-4-8-12)17(25-26-20(16)29)13-9-5-2-6-10-13/h1-11H,(H,23,28)(H,26,29)(H2,22,24,27,30). The molecule has 9 heteroatoms. The maximum absolute atomic E-state index is 13.0. The molecule has 1 amide bonds. The highest BCUT2D eigenvalue weighted by Gasteiger charge is 2.23. The van der Waals surface area contributed by atoms with Crippen LogP contribution in [0.25, 0.3) is 22.4 Å². The van der Waals surface area contributed by atoms with Crippen molar-refractivity contribution in [1.29, 1.82) is 0 Å². The molecule has 0 unspecified atom stereocenters. The van der Waals surface area contributed by atoms with E-state index in [1.165, 1.54) is 0 Å². The van der Waals surface area contributed by atoms with Crippen molar-refractivity contribution >= 4 is 11.6 Å². The smallest absolute Gasteiger partial charge is 0.316 e. The number of carbonyl (C=O) groups is 1. The number of hydrogen-bond acceptors (Lipinski definition) is 5. The molecule has 0 aliphatic rings. The Balaban J connectivity index is 1.92. The van der Waals surface area contributed by atoms with Crippen molar-refractivity contribution in [2.75, 3.05) is 5.32 Å². The average molecular weight is 401 g/mol. The van der Waals surface area contributed by atoms with Gasteiger partial charge in [-0.05, 0) is 5.56 Å². The first kappa shape index (κ1) is 18.8. The van der Waals surface area contributed by atoms with Crippen LogP contribution >= 0.6 is 0 Å². The molecule has 0 saturated heterocycles. The summed E-state index contributed by atoms with van der Waals surface area (Å²) in [6, 6.07) is 18.0. The van der Waals surface area contributed by atoms with Crippen LogP contribution in [-0.4, -0.2) is 26.1 Å². The summed E-state index contributed by atoms with van der Waals surface area (Å²) in [6.07, 6.45) is 1.06. The van der Waals surface area contributed by atoms with E-state index in [2.05, 4.69) is 20.5 Å². The van der Waals surface area contributed by atoms with E-state index in [1.54, 1.807) is 36.4 Å². The lowest BCUT2D eigenvalue weighted by Crippen LogP contribution is -2.30. The molecule has 0 aliphatic carbocycles.